The molecule has 2 unspecified atom stereocenters. The van der Waals surface area contributed by atoms with E-state index in [0.29, 0.717) is 17.3 Å². The average molecular weight is 497 g/mol. The number of rotatable bonds is 6. The summed E-state index contributed by atoms with van der Waals surface area (Å²) in [4.78, 5) is 27.4. The minimum absolute atomic E-state index is 0.00241. The van der Waals surface area contributed by atoms with Gasteiger partial charge in [0.2, 0.25) is 5.88 Å². The van der Waals surface area contributed by atoms with Gasteiger partial charge in [0.1, 0.15) is 25.1 Å². The van der Waals surface area contributed by atoms with Crippen molar-refractivity contribution < 1.29 is 14.3 Å². The van der Waals surface area contributed by atoms with Crippen LogP contribution in [0.1, 0.15) is 56.4 Å². The zero-order valence-electron chi connectivity index (χ0n) is 20.1. The minimum Gasteiger partial charge on any atom is -0.474 e. The predicted octanol–water partition coefficient (Wildman–Crippen LogP) is 4.53. The van der Waals surface area contributed by atoms with E-state index in [0.717, 1.165) is 48.2 Å². The molecule has 2 aliphatic heterocycles. The van der Waals surface area contributed by atoms with Crippen LogP contribution in [-0.4, -0.2) is 60.0 Å². The third-order valence-corrected chi connectivity index (χ3v) is 7.09. The van der Waals surface area contributed by atoms with Gasteiger partial charge in [-0.3, -0.25) is 0 Å². The van der Waals surface area contributed by atoms with Crippen LogP contribution in [0.3, 0.4) is 0 Å². The predicted molar refractivity (Wildman–Crippen MR) is 130 cm³/mol. The molecule has 2 aromatic heterocycles. The van der Waals surface area contributed by atoms with Crippen molar-refractivity contribution in [2.24, 2.45) is 0 Å². The number of nitrogens with zero attached hydrogens (tertiary/aromatic N) is 6. The molecule has 4 heterocycles. The first-order chi connectivity index (χ1) is 16.9. The van der Waals surface area contributed by atoms with Crippen molar-refractivity contribution in [2.45, 2.75) is 77.2 Å². The molecular weight excluding hydrogens is 468 g/mol. The van der Waals surface area contributed by atoms with E-state index in [1.54, 1.807) is 17.3 Å². The Morgan fingerprint density at radius 3 is 2.60 bits per heavy atom. The Morgan fingerprint density at radius 1 is 1.17 bits per heavy atom. The Hall–Kier alpha value is -3.20. The number of hydrogen-bond donors (Lipinski definition) is 0. The molecule has 9 nitrogen and oxygen atoms in total. The van der Waals surface area contributed by atoms with Gasteiger partial charge in [0.25, 0.3) is 0 Å². The molecule has 2 saturated heterocycles. The van der Waals surface area contributed by atoms with Gasteiger partial charge in [-0.05, 0) is 51.3 Å². The maximum Gasteiger partial charge on any atom is 0.410 e. The van der Waals surface area contributed by atoms with Gasteiger partial charge < -0.3 is 14.4 Å². The second-order valence-corrected chi connectivity index (χ2v) is 9.89. The molecule has 0 N–H and O–H groups in total. The second-order valence-electron chi connectivity index (χ2n) is 9.48. The monoisotopic (exact) mass is 496 g/mol. The summed E-state index contributed by atoms with van der Waals surface area (Å²) in [5, 5.41) is 4.78. The maximum absolute atomic E-state index is 12.5. The highest BCUT2D eigenvalue weighted by Gasteiger charge is 2.45. The van der Waals surface area contributed by atoms with Crippen LogP contribution in [0, 0.1) is 6.92 Å². The largest absolute Gasteiger partial charge is 0.474 e. The van der Waals surface area contributed by atoms with Crippen molar-refractivity contribution in [1.82, 2.24) is 29.6 Å². The van der Waals surface area contributed by atoms with E-state index in [4.69, 9.17) is 21.1 Å². The summed E-state index contributed by atoms with van der Waals surface area (Å²) in [6.07, 6.45) is 8.41. The zero-order valence-corrected chi connectivity index (χ0v) is 20.9. The molecule has 184 valence electrons. The second kappa shape index (κ2) is 9.81. The molecule has 1 amide bonds. The van der Waals surface area contributed by atoms with Crippen LogP contribution in [0.5, 0.6) is 5.88 Å². The highest BCUT2D eigenvalue weighted by atomic mass is 35.5. The lowest BCUT2D eigenvalue weighted by molar-refractivity contribution is 0.0206. The van der Waals surface area contributed by atoms with E-state index in [-0.39, 0.29) is 30.4 Å². The number of aromatic nitrogens is 5. The van der Waals surface area contributed by atoms with Crippen LogP contribution in [-0.2, 0) is 11.2 Å². The first-order valence-electron chi connectivity index (χ1n) is 12.0. The Kier molecular flexibility index (Phi) is 6.60. The van der Waals surface area contributed by atoms with Crippen molar-refractivity contribution in [3.05, 3.63) is 59.0 Å². The Morgan fingerprint density at radius 2 is 1.94 bits per heavy atom. The number of hydrogen-bond acceptors (Lipinski definition) is 7. The van der Waals surface area contributed by atoms with Crippen LogP contribution >= 0.6 is 11.6 Å². The smallest absolute Gasteiger partial charge is 0.410 e. The Labute approximate surface area is 209 Å². The van der Waals surface area contributed by atoms with Crippen molar-refractivity contribution in [2.75, 3.05) is 0 Å². The van der Waals surface area contributed by atoms with Gasteiger partial charge >= 0.3 is 6.09 Å². The molecule has 2 bridgehead atoms. The third kappa shape index (κ3) is 4.96. The number of amides is 1. The molecule has 0 spiro atoms. The van der Waals surface area contributed by atoms with Crippen LogP contribution < -0.4 is 4.74 Å². The van der Waals surface area contributed by atoms with Gasteiger partial charge in [0.15, 0.2) is 0 Å². The van der Waals surface area contributed by atoms with E-state index >= 15 is 0 Å². The third-order valence-electron chi connectivity index (χ3n) is 6.74. The van der Waals surface area contributed by atoms with Gasteiger partial charge in [0, 0.05) is 41.9 Å². The molecule has 5 rings (SSSR count). The summed E-state index contributed by atoms with van der Waals surface area (Å²) < 4.78 is 13.5. The molecule has 35 heavy (non-hydrogen) atoms. The molecule has 1 aromatic carbocycles. The fourth-order valence-corrected chi connectivity index (χ4v) is 5.29. The summed E-state index contributed by atoms with van der Waals surface area (Å²) in [5.41, 5.74) is 3.57. The van der Waals surface area contributed by atoms with Gasteiger partial charge in [0.05, 0.1) is 17.5 Å². The standard InChI is InChI=1S/C25H29ClN6O3/c1-15(2)34-25(33)32-19-6-7-20(32)10-21(9-19)35-24-16(3)23(28-13-29-24)8-17-4-5-18(11-22(17)26)31-14-27-12-30-31/h4-5,11-15,19-21H,6-10H2,1-3H3. The number of fused-ring (bicyclic) bond motifs is 2. The number of ether oxygens (including phenoxy) is 2. The molecule has 2 fully saturated rings. The first kappa shape index (κ1) is 23.5. The van der Waals surface area contributed by atoms with E-state index in [1.807, 2.05) is 43.9 Å². The number of benzene rings is 1. The molecule has 2 atom stereocenters. The fraction of sp³-hybridized carbons (Fsp3) is 0.480. The van der Waals surface area contributed by atoms with E-state index in [1.165, 1.54) is 6.33 Å². The van der Waals surface area contributed by atoms with Crippen molar-refractivity contribution in [1.29, 1.82) is 0 Å². The molecule has 0 radical (unpaired) electrons. The highest BCUT2D eigenvalue weighted by molar-refractivity contribution is 6.31. The fourth-order valence-electron chi connectivity index (χ4n) is 5.05. The molecular formula is C25H29ClN6O3. The van der Waals surface area contributed by atoms with Crippen LogP contribution in [0.15, 0.2) is 37.2 Å². The number of halogens is 1. The summed E-state index contributed by atoms with van der Waals surface area (Å²) in [6.45, 7) is 5.74. The lowest BCUT2D eigenvalue weighted by atomic mass is 10.00. The van der Waals surface area contributed by atoms with E-state index in [9.17, 15) is 4.79 Å². The van der Waals surface area contributed by atoms with E-state index < -0.39 is 0 Å². The average Bonchev–Trinajstić information content (AvgIpc) is 3.44. The summed E-state index contributed by atoms with van der Waals surface area (Å²) >= 11 is 6.58. The Balaban J connectivity index is 1.27. The number of carbonyl (C=O) groups excluding carboxylic acids is 1. The SMILES string of the molecule is Cc1c(Cc2ccc(-n3cncn3)cc2Cl)ncnc1OC1CC2CCC(C1)N2C(=O)OC(C)C. The maximum atomic E-state index is 12.5. The normalized spacial score (nSPS) is 21.4. The van der Waals surface area contributed by atoms with Gasteiger partial charge in [-0.2, -0.15) is 5.10 Å². The van der Waals surface area contributed by atoms with Crippen LogP contribution in [0.4, 0.5) is 4.79 Å². The van der Waals surface area contributed by atoms with Crippen molar-refractivity contribution in [3.63, 3.8) is 0 Å². The van der Waals surface area contributed by atoms with Gasteiger partial charge in [-0.15, -0.1) is 0 Å². The van der Waals surface area contributed by atoms with Crippen LogP contribution in [0.25, 0.3) is 5.69 Å². The quantitative estimate of drug-likeness (QED) is 0.494. The molecule has 3 aromatic rings. The topological polar surface area (TPSA) is 95.3 Å². The van der Waals surface area contributed by atoms with Crippen molar-refractivity contribution >= 4 is 17.7 Å². The lowest BCUT2D eigenvalue weighted by Gasteiger charge is -2.38. The highest BCUT2D eigenvalue weighted by Crippen LogP contribution is 2.38. The summed E-state index contributed by atoms with van der Waals surface area (Å²) in [7, 11) is 0. The number of carbonyl (C=O) groups is 1. The molecule has 0 aliphatic carbocycles. The Bertz CT molecular complexity index is 1190. The van der Waals surface area contributed by atoms with E-state index in [2.05, 4.69) is 20.1 Å². The summed E-state index contributed by atoms with van der Waals surface area (Å²) in [6, 6.07) is 6.10. The molecule has 2 aliphatic rings. The molecule has 10 heteroatoms. The molecule has 0 saturated carbocycles. The van der Waals surface area contributed by atoms with Crippen LogP contribution in [0.2, 0.25) is 5.02 Å². The van der Waals surface area contributed by atoms with Gasteiger partial charge in [-0.25, -0.2) is 24.4 Å². The number of piperidine rings is 1. The summed E-state index contributed by atoms with van der Waals surface area (Å²) in [5.74, 6) is 0.591. The zero-order chi connectivity index (χ0) is 24.5. The van der Waals surface area contributed by atoms with Crippen molar-refractivity contribution in [3.8, 4) is 11.6 Å². The lowest BCUT2D eigenvalue weighted by Crippen LogP contribution is -2.50. The van der Waals surface area contributed by atoms with Gasteiger partial charge in [-0.1, -0.05) is 17.7 Å². The first-order valence-corrected chi connectivity index (χ1v) is 12.4. The minimum atomic E-state index is -0.210.